The number of esters is 1. The minimum Gasteiger partial charge on any atom is -0.545 e. The summed E-state index contributed by atoms with van der Waals surface area (Å²) in [4.78, 5) is 21.1. The van der Waals surface area contributed by atoms with Crippen LogP contribution in [0.1, 0.15) is 71.1 Å². The number of rotatable bonds is 13. The van der Waals surface area contributed by atoms with Crippen LogP contribution in [0, 0.1) is 0 Å². The maximum absolute atomic E-state index is 11.0. The highest BCUT2D eigenvalue weighted by molar-refractivity contribution is 5.89. The summed E-state index contributed by atoms with van der Waals surface area (Å²) in [5.74, 6) is -2.01. The number of aliphatic carboxylic acids is 1. The molecular weight excluding hydrogens is 256 g/mol. The van der Waals surface area contributed by atoms with Crippen LogP contribution in [0.4, 0.5) is 0 Å². The first-order valence-electron chi connectivity index (χ1n) is 7.72. The quantitative estimate of drug-likeness (QED) is 0.296. The Hall–Kier alpha value is -1.32. The Labute approximate surface area is 122 Å². The SMILES string of the molecule is CCCCCCCCCCCCOC(=O)/C=C/C(=O)[O-]. The Morgan fingerprint density at radius 3 is 1.85 bits per heavy atom. The fourth-order valence-corrected chi connectivity index (χ4v) is 1.95. The highest BCUT2D eigenvalue weighted by atomic mass is 16.5. The molecule has 0 aliphatic rings. The van der Waals surface area contributed by atoms with Crippen molar-refractivity contribution in [2.24, 2.45) is 0 Å². The van der Waals surface area contributed by atoms with E-state index >= 15 is 0 Å². The summed E-state index contributed by atoms with van der Waals surface area (Å²) in [5, 5.41) is 10.1. The van der Waals surface area contributed by atoms with Crippen molar-refractivity contribution in [1.82, 2.24) is 0 Å². The van der Waals surface area contributed by atoms with Crippen molar-refractivity contribution >= 4 is 11.9 Å². The molecule has 0 amide bonds. The molecule has 0 fully saturated rings. The predicted molar refractivity (Wildman–Crippen MR) is 77.0 cm³/mol. The lowest BCUT2D eigenvalue weighted by atomic mass is 10.1. The third kappa shape index (κ3) is 14.7. The summed E-state index contributed by atoms with van der Waals surface area (Å²) in [6.45, 7) is 2.58. The zero-order chi connectivity index (χ0) is 15.1. The Balaban J connectivity index is 3.20. The lowest BCUT2D eigenvalue weighted by Crippen LogP contribution is -2.19. The van der Waals surface area contributed by atoms with E-state index in [9.17, 15) is 14.7 Å². The Morgan fingerprint density at radius 1 is 0.850 bits per heavy atom. The normalized spacial score (nSPS) is 10.8. The van der Waals surface area contributed by atoms with E-state index in [1.54, 1.807) is 0 Å². The molecule has 0 radical (unpaired) electrons. The maximum Gasteiger partial charge on any atom is 0.330 e. The summed E-state index contributed by atoms with van der Waals surface area (Å²) in [6, 6.07) is 0. The molecule has 0 unspecified atom stereocenters. The molecule has 0 heterocycles. The third-order valence-electron chi connectivity index (χ3n) is 3.10. The lowest BCUT2D eigenvalue weighted by molar-refractivity contribution is -0.297. The van der Waals surface area contributed by atoms with Crippen molar-refractivity contribution in [2.75, 3.05) is 6.61 Å². The van der Waals surface area contributed by atoms with E-state index in [0.717, 1.165) is 18.9 Å². The molecule has 0 aliphatic heterocycles. The van der Waals surface area contributed by atoms with E-state index in [-0.39, 0.29) is 0 Å². The summed E-state index contributed by atoms with van der Waals surface area (Å²) in [6.07, 6.45) is 13.8. The van der Waals surface area contributed by atoms with Crippen LogP contribution >= 0.6 is 0 Å². The highest BCUT2D eigenvalue weighted by Crippen LogP contribution is 2.10. The molecule has 0 saturated carbocycles. The molecule has 0 aromatic carbocycles. The van der Waals surface area contributed by atoms with Gasteiger partial charge in [0.2, 0.25) is 0 Å². The predicted octanol–water partition coefficient (Wildman–Crippen LogP) is 2.76. The topological polar surface area (TPSA) is 66.4 Å². The van der Waals surface area contributed by atoms with Crippen molar-refractivity contribution in [1.29, 1.82) is 0 Å². The minimum absolute atomic E-state index is 0.354. The van der Waals surface area contributed by atoms with Gasteiger partial charge < -0.3 is 14.6 Å². The molecule has 0 rings (SSSR count). The molecule has 0 bridgehead atoms. The van der Waals surface area contributed by atoms with Crippen molar-refractivity contribution in [3.8, 4) is 0 Å². The van der Waals surface area contributed by atoms with E-state index < -0.39 is 11.9 Å². The van der Waals surface area contributed by atoms with Crippen LogP contribution in [-0.2, 0) is 14.3 Å². The second kappa shape index (κ2) is 14.1. The second-order valence-corrected chi connectivity index (χ2v) is 5.00. The van der Waals surface area contributed by atoms with Crippen molar-refractivity contribution < 1.29 is 19.4 Å². The molecule has 0 spiro atoms. The summed E-state index contributed by atoms with van der Waals surface area (Å²) in [5.41, 5.74) is 0. The maximum atomic E-state index is 11.0. The van der Waals surface area contributed by atoms with Gasteiger partial charge in [0.25, 0.3) is 0 Å². The van der Waals surface area contributed by atoms with E-state index in [2.05, 4.69) is 6.92 Å². The van der Waals surface area contributed by atoms with E-state index in [4.69, 9.17) is 4.74 Å². The largest absolute Gasteiger partial charge is 0.545 e. The first-order valence-corrected chi connectivity index (χ1v) is 7.72. The smallest absolute Gasteiger partial charge is 0.330 e. The number of carbonyl (C=O) groups excluding carboxylic acids is 2. The number of carboxylic acids is 1. The van der Waals surface area contributed by atoms with Gasteiger partial charge in [0.1, 0.15) is 0 Å². The van der Waals surface area contributed by atoms with Crippen molar-refractivity contribution in [2.45, 2.75) is 71.1 Å². The highest BCUT2D eigenvalue weighted by Gasteiger charge is 1.97. The van der Waals surface area contributed by atoms with Gasteiger partial charge in [-0.2, -0.15) is 0 Å². The first kappa shape index (κ1) is 18.7. The summed E-state index contributed by atoms with van der Waals surface area (Å²) < 4.78 is 4.85. The first-order chi connectivity index (χ1) is 9.66. The van der Waals surface area contributed by atoms with Crippen LogP contribution in [0.2, 0.25) is 0 Å². The monoisotopic (exact) mass is 283 g/mol. The van der Waals surface area contributed by atoms with Gasteiger partial charge >= 0.3 is 5.97 Å². The number of carboxylic acid groups (broad SMARTS) is 1. The second-order valence-electron chi connectivity index (χ2n) is 5.00. The molecule has 0 saturated heterocycles. The average molecular weight is 283 g/mol. The third-order valence-corrected chi connectivity index (χ3v) is 3.10. The number of hydrogen-bond acceptors (Lipinski definition) is 4. The zero-order valence-electron chi connectivity index (χ0n) is 12.6. The Morgan fingerprint density at radius 2 is 1.35 bits per heavy atom. The van der Waals surface area contributed by atoms with Crippen LogP contribution in [0.5, 0.6) is 0 Å². The van der Waals surface area contributed by atoms with Gasteiger partial charge in [-0.05, 0) is 12.5 Å². The molecule has 20 heavy (non-hydrogen) atoms. The number of hydrogen-bond donors (Lipinski definition) is 0. The van der Waals surface area contributed by atoms with Crippen LogP contribution in [0.3, 0.4) is 0 Å². The average Bonchev–Trinajstić information content (AvgIpc) is 2.42. The molecule has 4 heteroatoms. The Kier molecular flexibility index (Phi) is 13.2. The van der Waals surface area contributed by atoms with Gasteiger partial charge in [-0.25, -0.2) is 4.79 Å². The summed E-state index contributed by atoms with van der Waals surface area (Å²) >= 11 is 0. The molecule has 0 aromatic rings. The van der Waals surface area contributed by atoms with Crippen LogP contribution < -0.4 is 5.11 Å². The van der Waals surface area contributed by atoms with Gasteiger partial charge in [-0.1, -0.05) is 64.7 Å². The fourth-order valence-electron chi connectivity index (χ4n) is 1.95. The van der Waals surface area contributed by atoms with Crippen LogP contribution in [0.15, 0.2) is 12.2 Å². The van der Waals surface area contributed by atoms with E-state index in [0.29, 0.717) is 12.7 Å². The lowest BCUT2D eigenvalue weighted by Gasteiger charge is -2.03. The fraction of sp³-hybridized carbons (Fsp3) is 0.750. The van der Waals surface area contributed by atoms with Gasteiger partial charge in [-0.3, -0.25) is 0 Å². The molecule has 0 N–H and O–H groups in total. The van der Waals surface area contributed by atoms with Gasteiger partial charge in [0, 0.05) is 6.08 Å². The molecule has 0 aliphatic carbocycles. The molecular formula is C16H27O4-. The zero-order valence-corrected chi connectivity index (χ0v) is 12.6. The number of ether oxygens (including phenoxy) is 1. The van der Waals surface area contributed by atoms with Gasteiger partial charge in [0.05, 0.1) is 12.6 Å². The van der Waals surface area contributed by atoms with Crippen molar-refractivity contribution in [3.63, 3.8) is 0 Å². The molecule has 0 atom stereocenters. The molecule has 4 nitrogen and oxygen atoms in total. The standard InChI is InChI=1S/C16H28O4/c1-2-3-4-5-6-7-8-9-10-11-14-20-16(19)13-12-15(17)18/h12-13H,2-11,14H2,1H3,(H,17,18)/p-1/b13-12+. The van der Waals surface area contributed by atoms with E-state index in [1.165, 1.54) is 51.4 Å². The summed E-state index contributed by atoms with van der Waals surface area (Å²) in [7, 11) is 0. The number of carbonyl (C=O) groups is 2. The molecule has 0 aromatic heterocycles. The Bertz CT molecular complexity index is 284. The molecule has 116 valence electrons. The van der Waals surface area contributed by atoms with Crippen LogP contribution in [0.25, 0.3) is 0 Å². The van der Waals surface area contributed by atoms with Gasteiger partial charge in [-0.15, -0.1) is 0 Å². The van der Waals surface area contributed by atoms with Crippen LogP contribution in [-0.4, -0.2) is 18.5 Å². The van der Waals surface area contributed by atoms with E-state index in [1.807, 2.05) is 0 Å². The minimum atomic E-state index is -1.39. The van der Waals surface area contributed by atoms with Crippen molar-refractivity contribution in [3.05, 3.63) is 12.2 Å². The van der Waals surface area contributed by atoms with Gasteiger partial charge in [0.15, 0.2) is 0 Å². The number of unbranched alkanes of at least 4 members (excludes halogenated alkanes) is 9.